The Kier molecular flexibility index (Phi) is 4.83. The number of nitrogens with zero attached hydrogens (tertiary/aromatic N) is 3. The second-order valence-electron chi connectivity index (χ2n) is 7.35. The first-order valence-corrected chi connectivity index (χ1v) is 9.57. The smallest absolute Gasteiger partial charge is 0.180 e. The number of hydrogen-bond donors (Lipinski definition) is 2. The highest BCUT2D eigenvalue weighted by Crippen LogP contribution is 2.28. The van der Waals surface area contributed by atoms with Crippen LogP contribution in [0.15, 0.2) is 36.8 Å². The first-order valence-electron chi connectivity index (χ1n) is 9.20. The number of imidazole rings is 1. The molecule has 1 aliphatic carbocycles. The SMILES string of the molecule is CC(C)CNc1nccn2c(-c3ccc(CNC4CC4)c(Cl)c3)cnc12. The Morgan fingerprint density at radius 2 is 2.12 bits per heavy atom. The van der Waals surface area contributed by atoms with Gasteiger partial charge in [-0.25, -0.2) is 9.97 Å². The van der Waals surface area contributed by atoms with Crippen molar-refractivity contribution < 1.29 is 0 Å². The summed E-state index contributed by atoms with van der Waals surface area (Å²) in [5, 5.41) is 7.68. The Labute approximate surface area is 158 Å². The fourth-order valence-electron chi connectivity index (χ4n) is 2.95. The van der Waals surface area contributed by atoms with Gasteiger partial charge in [0.15, 0.2) is 11.5 Å². The third kappa shape index (κ3) is 3.69. The molecule has 0 unspecified atom stereocenters. The molecule has 2 N–H and O–H groups in total. The number of halogens is 1. The summed E-state index contributed by atoms with van der Waals surface area (Å²) in [6.45, 7) is 6.03. The van der Waals surface area contributed by atoms with Crippen LogP contribution in [0.1, 0.15) is 32.3 Å². The van der Waals surface area contributed by atoms with Gasteiger partial charge in [-0.2, -0.15) is 0 Å². The molecule has 6 heteroatoms. The zero-order valence-corrected chi connectivity index (χ0v) is 15.9. The average Bonchev–Trinajstić information content (AvgIpc) is 3.35. The molecule has 5 nitrogen and oxygen atoms in total. The third-order valence-electron chi connectivity index (χ3n) is 4.61. The molecule has 2 heterocycles. The Hall–Kier alpha value is -2.11. The maximum Gasteiger partial charge on any atom is 0.180 e. The zero-order chi connectivity index (χ0) is 18.1. The van der Waals surface area contributed by atoms with Crippen LogP contribution in [0.4, 0.5) is 5.82 Å². The third-order valence-corrected chi connectivity index (χ3v) is 4.96. The lowest BCUT2D eigenvalue weighted by Gasteiger charge is -2.10. The predicted octanol–water partition coefficient (Wildman–Crippen LogP) is 4.37. The molecule has 0 bridgehead atoms. The van der Waals surface area contributed by atoms with Crippen LogP contribution in [0.2, 0.25) is 5.02 Å². The molecular weight excluding hydrogens is 346 g/mol. The van der Waals surface area contributed by atoms with E-state index < -0.39 is 0 Å². The molecule has 136 valence electrons. The van der Waals surface area contributed by atoms with Crippen LogP contribution >= 0.6 is 11.6 Å². The van der Waals surface area contributed by atoms with Gasteiger partial charge in [0.25, 0.3) is 0 Å². The highest BCUT2D eigenvalue weighted by atomic mass is 35.5. The Morgan fingerprint density at radius 1 is 1.27 bits per heavy atom. The normalized spacial score (nSPS) is 14.3. The van der Waals surface area contributed by atoms with Gasteiger partial charge in [0, 0.05) is 42.1 Å². The molecule has 0 amide bonds. The van der Waals surface area contributed by atoms with Crippen molar-refractivity contribution in [3.05, 3.63) is 47.4 Å². The van der Waals surface area contributed by atoms with Crippen molar-refractivity contribution in [3.63, 3.8) is 0 Å². The van der Waals surface area contributed by atoms with E-state index in [0.717, 1.165) is 46.4 Å². The van der Waals surface area contributed by atoms with Gasteiger partial charge in [-0.1, -0.05) is 37.6 Å². The molecule has 1 saturated carbocycles. The van der Waals surface area contributed by atoms with Gasteiger partial charge in [0.1, 0.15) is 0 Å². The number of benzene rings is 1. The first kappa shape index (κ1) is 17.3. The van der Waals surface area contributed by atoms with Gasteiger partial charge in [-0.15, -0.1) is 0 Å². The molecule has 0 spiro atoms. The van der Waals surface area contributed by atoms with Crippen molar-refractivity contribution >= 4 is 23.1 Å². The summed E-state index contributed by atoms with van der Waals surface area (Å²) in [4.78, 5) is 9.01. The van der Waals surface area contributed by atoms with Crippen LogP contribution in [0, 0.1) is 5.92 Å². The number of hydrogen-bond acceptors (Lipinski definition) is 4. The summed E-state index contributed by atoms with van der Waals surface area (Å²) >= 11 is 6.52. The molecule has 26 heavy (non-hydrogen) atoms. The van der Waals surface area contributed by atoms with E-state index in [-0.39, 0.29) is 0 Å². The molecule has 4 rings (SSSR count). The molecule has 1 aromatic carbocycles. The number of rotatable bonds is 7. The minimum atomic E-state index is 0.544. The second-order valence-corrected chi connectivity index (χ2v) is 7.76. The largest absolute Gasteiger partial charge is 0.367 e. The van der Waals surface area contributed by atoms with E-state index >= 15 is 0 Å². The maximum absolute atomic E-state index is 6.52. The molecule has 3 aromatic rings. The first-order chi connectivity index (χ1) is 12.6. The Balaban J connectivity index is 1.61. The van der Waals surface area contributed by atoms with Crippen molar-refractivity contribution in [2.75, 3.05) is 11.9 Å². The Morgan fingerprint density at radius 3 is 2.85 bits per heavy atom. The van der Waals surface area contributed by atoms with E-state index in [1.165, 1.54) is 12.8 Å². The molecular formula is C20H24ClN5. The molecule has 0 aliphatic heterocycles. The molecule has 0 atom stereocenters. The van der Waals surface area contributed by atoms with Crippen LogP contribution in [0.25, 0.3) is 16.9 Å². The summed E-state index contributed by atoms with van der Waals surface area (Å²) < 4.78 is 2.06. The van der Waals surface area contributed by atoms with Crippen molar-refractivity contribution in [2.24, 2.45) is 5.92 Å². The second kappa shape index (κ2) is 7.25. The minimum absolute atomic E-state index is 0.544. The van der Waals surface area contributed by atoms with Gasteiger partial charge in [0.2, 0.25) is 0 Å². The van der Waals surface area contributed by atoms with Gasteiger partial charge in [-0.05, 0) is 30.4 Å². The Bertz CT molecular complexity index is 914. The summed E-state index contributed by atoms with van der Waals surface area (Å²) in [5.74, 6) is 1.35. The number of fused-ring (bicyclic) bond motifs is 1. The zero-order valence-electron chi connectivity index (χ0n) is 15.2. The number of nitrogens with one attached hydrogen (secondary N) is 2. The monoisotopic (exact) mass is 369 g/mol. The number of aromatic nitrogens is 3. The van der Waals surface area contributed by atoms with Crippen LogP contribution in [-0.4, -0.2) is 27.0 Å². The summed E-state index contributed by atoms with van der Waals surface area (Å²) in [7, 11) is 0. The molecule has 0 saturated heterocycles. The van der Waals surface area contributed by atoms with E-state index in [1.54, 1.807) is 6.20 Å². The number of anilines is 1. The van der Waals surface area contributed by atoms with Crippen LogP contribution < -0.4 is 10.6 Å². The van der Waals surface area contributed by atoms with E-state index in [9.17, 15) is 0 Å². The maximum atomic E-state index is 6.52. The predicted molar refractivity (Wildman–Crippen MR) is 107 cm³/mol. The fraction of sp³-hybridized carbons (Fsp3) is 0.400. The lowest BCUT2D eigenvalue weighted by Crippen LogP contribution is -2.15. The highest BCUT2D eigenvalue weighted by Gasteiger charge is 2.20. The van der Waals surface area contributed by atoms with Crippen molar-refractivity contribution in [3.8, 4) is 11.3 Å². The standard InChI is InChI=1S/C20H24ClN5/c1-13(2)10-24-19-20-25-12-18(26(20)8-7-22-19)14-3-4-15(17(21)9-14)11-23-16-5-6-16/h3-4,7-9,12-13,16,23H,5-6,10-11H2,1-2H3,(H,22,24). The van der Waals surface area contributed by atoms with Crippen LogP contribution in [-0.2, 0) is 6.54 Å². The van der Waals surface area contributed by atoms with E-state index in [0.29, 0.717) is 12.0 Å². The quantitative estimate of drug-likeness (QED) is 0.649. The highest BCUT2D eigenvalue weighted by molar-refractivity contribution is 6.31. The molecule has 1 aliphatic rings. The molecule has 1 fully saturated rings. The average molecular weight is 370 g/mol. The molecule has 2 aromatic heterocycles. The van der Waals surface area contributed by atoms with Gasteiger partial charge in [-0.3, -0.25) is 4.40 Å². The topological polar surface area (TPSA) is 54.2 Å². The van der Waals surface area contributed by atoms with Crippen molar-refractivity contribution in [1.82, 2.24) is 19.7 Å². The lowest BCUT2D eigenvalue weighted by atomic mass is 10.1. The molecule has 0 radical (unpaired) electrons. The summed E-state index contributed by atoms with van der Waals surface area (Å²) in [6, 6.07) is 6.91. The van der Waals surface area contributed by atoms with Crippen LogP contribution in [0.5, 0.6) is 0 Å². The van der Waals surface area contributed by atoms with Crippen molar-refractivity contribution in [1.29, 1.82) is 0 Å². The van der Waals surface area contributed by atoms with Gasteiger partial charge >= 0.3 is 0 Å². The summed E-state index contributed by atoms with van der Waals surface area (Å²) in [5.41, 5.74) is 4.04. The summed E-state index contributed by atoms with van der Waals surface area (Å²) in [6.07, 6.45) is 8.17. The fourth-order valence-corrected chi connectivity index (χ4v) is 3.20. The minimum Gasteiger partial charge on any atom is -0.367 e. The van der Waals surface area contributed by atoms with E-state index in [4.69, 9.17) is 11.6 Å². The van der Waals surface area contributed by atoms with Gasteiger partial charge < -0.3 is 10.6 Å². The van der Waals surface area contributed by atoms with Crippen LogP contribution in [0.3, 0.4) is 0 Å². The van der Waals surface area contributed by atoms with E-state index in [1.807, 2.05) is 18.5 Å². The van der Waals surface area contributed by atoms with E-state index in [2.05, 4.69) is 51.0 Å². The lowest BCUT2D eigenvalue weighted by molar-refractivity contribution is 0.687. The van der Waals surface area contributed by atoms with Gasteiger partial charge in [0.05, 0.1) is 11.9 Å². The van der Waals surface area contributed by atoms with Crippen molar-refractivity contribution in [2.45, 2.75) is 39.3 Å².